The molecule has 0 unspecified atom stereocenters. The lowest BCUT2D eigenvalue weighted by Gasteiger charge is -2.06. The molecular weight excluding hydrogens is 396 g/mol. The lowest BCUT2D eigenvalue weighted by molar-refractivity contribution is -0.150. The van der Waals surface area contributed by atoms with Gasteiger partial charge in [0.25, 0.3) is 0 Å². The lowest BCUT2D eigenvalue weighted by Crippen LogP contribution is -2.11. The van der Waals surface area contributed by atoms with Crippen molar-refractivity contribution in [1.29, 1.82) is 0 Å². The Morgan fingerprint density at radius 2 is 1.08 bits per heavy atom. The van der Waals surface area contributed by atoms with E-state index < -0.39 is 0 Å². The molecule has 0 radical (unpaired) electrons. The molecule has 0 heterocycles. The van der Waals surface area contributed by atoms with E-state index in [1.54, 1.807) is 0 Å². The molecule has 0 aromatic heterocycles. The smallest absolute Gasteiger partial charge is 0.306 e. The first-order valence-electron chi connectivity index (χ1n) is 9.14. The van der Waals surface area contributed by atoms with Crippen LogP contribution in [0.15, 0.2) is 0 Å². The predicted octanol–water partition coefficient (Wildman–Crippen LogP) is 5.39. The Hall–Kier alpha value is -0.290. The van der Waals surface area contributed by atoms with Gasteiger partial charge in [0.1, 0.15) is 0 Å². The molecular formula is C18H32BrClO4. The quantitative estimate of drug-likeness (QED) is 0.177. The fraction of sp³-hybridized carbons (Fsp3) is 0.889. The molecule has 0 N–H and O–H groups in total. The van der Waals surface area contributed by atoms with Crippen LogP contribution in [0.2, 0.25) is 0 Å². The summed E-state index contributed by atoms with van der Waals surface area (Å²) in [6.07, 6.45) is 10.9. The molecule has 0 spiro atoms. The van der Waals surface area contributed by atoms with Gasteiger partial charge >= 0.3 is 11.9 Å². The second kappa shape index (κ2) is 19.0. The van der Waals surface area contributed by atoms with E-state index >= 15 is 0 Å². The zero-order valence-corrected chi connectivity index (χ0v) is 17.0. The van der Waals surface area contributed by atoms with Gasteiger partial charge in [-0.2, -0.15) is 0 Å². The maximum absolute atomic E-state index is 11.5. The van der Waals surface area contributed by atoms with E-state index in [9.17, 15) is 9.59 Å². The Bertz CT molecular complexity index is 283. The van der Waals surface area contributed by atoms with Crippen LogP contribution in [0.3, 0.4) is 0 Å². The summed E-state index contributed by atoms with van der Waals surface area (Å²) in [5.74, 6) is 0.0818. The molecule has 0 saturated heterocycles. The number of halogens is 2. The zero-order valence-electron chi connectivity index (χ0n) is 14.7. The van der Waals surface area contributed by atoms with Crippen molar-refractivity contribution in [1.82, 2.24) is 0 Å². The summed E-state index contributed by atoms with van der Waals surface area (Å²) in [5, 5.41) is 1.05. The van der Waals surface area contributed by atoms with Crippen LogP contribution in [0.5, 0.6) is 0 Å². The molecule has 0 aromatic carbocycles. The highest BCUT2D eigenvalue weighted by atomic mass is 79.9. The van der Waals surface area contributed by atoms with Crippen LogP contribution in [-0.4, -0.2) is 36.4 Å². The van der Waals surface area contributed by atoms with E-state index in [0.29, 0.717) is 19.1 Å². The van der Waals surface area contributed by atoms with Crippen molar-refractivity contribution in [3.63, 3.8) is 0 Å². The molecule has 4 nitrogen and oxygen atoms in total. The summed E-state index contributed by atoms with van der Waals surface area (Å²) < 4.78 is 10.2. The Labute approximate surface area is 160 Å². The molecule has 142 valence electrons. The van der Waals surface area contributed by atoms with Crippen molar-refractivity contribution in [3.05, 3.63) is 0 Å². The largest absolute Gasteiger partial charge is 0.466 e. The first kappa shape index (κ1) is 23.7. The van der Waals surface area contributed by atoms with E-state index in [0.717, 1.165) is 50.3 Å². The van der Waals surface area contributed by atoms with Crippen LogP contribution in [0.25, 0.3) is 0 Å². The number of esters is 2. The molecule has 0 aliphatic heterocycles. The standard InChI is InChI=1S/C18H32BrClO4/c19-13-7-3-1-5-9-15-23-17(21)11-12-18(22)24-16-10-6-2-4-8-14-20/h1-16H2. The molecule has 0 aromatic rings. The van der Waals surface area contributed by atoms with Crippen molar-refractivity contribution >= 4 is 39.5 Å². The summed E-state index contributed by atoms with van der Waals surface area (Å²) in [5.41, 5.74) is 0. The maximum atomic E-state index is 11.5. The minimum absolute atomic E-state index is 0.107. The highest BCUT2D eigenvalue weighted by Crippen LogP contribution is 2.06. The number of rotatable bonds is 17. The number of hydrogen-bond acceptors (Lipinski definition) is 4. The number of carbonyl (C=O) groups excluding carboxylic acids is 2. The molecule has 6 heteroatoms. The fourth-order valence-electron chi connectivity index (χ4n) is 2.17. The van der Waals surface area contributed by atoms with Gasteiger partial charge in [0.2, 0.25) is 0 Å². The Morgan fingerprint density at radius 1 is 0.667 bits per heavy atom. The predicted molar refractivity (Wildman–Crippen MR) is 102 cm³/mol. The second-order valence-electron chi connectivity index (χ2n) is 5.85. The number of unbranched alkanes of at least 4 members (excludes halogenated alkanes) is 8. The van der Waals surface area contributed by atoms with Gasteiger partial charge in [0.05, 0.1) is 26.1 Å². The van der Waals surface area contributed by atoms with Gasteiger partial charge < -0.3 is 9.47 Å². The second-order valence-corrected chi connectivity index (χ2v) is 7.03. The van der Waals surface area contributed by atoms with Crippen molar-refractivity contribution in [2.75, 3.05) is 24.4 Å². The first-order valence-corrected chi connectivity index (χ1v) is 10.8. The molecule has 0 amide bonds. The van der Waals surface area contributed by atoms with Gasteiger partial charge in [-0.15, -0.1) is 11.6 Å². The van der Waals surface area contributed by atoms with Crippen LogP contribution < -0.4 is 0 Å². The monoisotopic (exact) mass is 426 g/mol. The summed E-state index contributed by atoms with van der Waals surface area (Å²) in [6, 6.07) is 0. The Kier molecular flexibility index (Phi) is 18.8. The minimum atomic E-state index is -0.317. The lowest BCUT2D eigenvalue weighted by atomic mass is 10.2. The maximum Gasteiger partial charge on any atom is 0.306 e. The van der Waals surface area contributed by atoms with Crippen LogP contribution in [0, 0.1) is 0 Å². The molecule has 0 fully saturated rings. The highest BCUT2D eigenvalue weighted by molar-refractivity contribution is 9.09. The van der Waals surface area contributed by atoms with Gasteiger partial charge in [-0.05, 0) is 25.7 Å². The normalized spacial score (nSPS) is 10.6. The van der Waals surface area contributed by atoms with Crippen molar-refractivity contribution in [3.8, 4) is 0 Å². The molecule has 0 aliphatic rings. The van der Waals surface area contributed by atoms with E-state index in [-0.39, 0.29) is 24.8 Å². The van der Waals surface area contributed by atoms with Gasteiger partial charge in [0, 0.05) is 11.2 Å². The van der Waals surface area contributed by atoms with Crippen molar-refractivity contribution in [2.45, 2.75) is 77.0 Å². The topological polar surface area (TPSA) is 52.6 Å². The van der Waals surface area contributed by atoms with E-state index in [2.05, 4.69) is 15.9 Å². The highest BCUT2D eigenvalue weighted by Gasteiger charge is 2.08. The fourth-order valence-corrected chi connectivity index (χ4v) is 2.76. The van der Waals surface area contributed by atoms with Crippen LogP contribution >= 0.6 is 27.5 Å². The molecule has 0 atom stereocenters. The average Bonchev–Trinajstić information content (AvgIpc) is 2.58. The minimum Gasteiger partial charge on any atom is -0.466 e. The van der Waals surface area contributed by atoms with Gasteiger partial charge in [0.15, 0.2) is 0 Å². The van der Waals surface area contributed by atoms with E-state index in [1.807, 2.05) is 0 Å². The number of carbonyl (C=O) groups is 2. The van der Waals surface area contributed by atoms with Gasteiger partial charge in [-0.3, -0.25) is 9.59 Å². The van der Waals surface area contributed by atoms with Crippen LogP contribution in [0.4, 0.5) is 0 Å². The summed E-state index contributed by atoms with van der Waals surface area (Å²) >= 11 is 9.00. The SMILES string of the molecule is O=C(CCC(=O)OCCCCCCCBr)OCCCCCCCCl. The molecule has 0 rings (SSSR count). The Balaban J connectivity index is 3.34. The van der Waals surface area contributed by atoms with Crippen LogP contribution in [0.1, 0.15) is 77.0 Å². The third kappa shape index (κ3) is 18.1. The third-order valence-corrected chi connectivity index (χ3v) is 4.44. The number of ether oxygens (including phenoxy) is 2. The molecule has 0 bridgehead atoms. The Morgan fingerprint density at radius 3 is 1.54 bits per heavy atom. The van der Waals surface area contributed by atoms with Crippen molar-refractivity contribution in [2.24, 2.45) is 0 Å². The van der Waals surface area contributed by atoms with E-state index in [1.165, 1.54) is 19.3 Å². The van der Waals surface area contributed by atoms with Crippen LogP contribution in [-0.2, 0) is 19.1 Å². The number of alkyl halides is 2. The van der Waals surface area contributed by atoms with Crippen molar-refractivity contribution < 1.29 is 19.1 Å². The van der Waals surface area contributed by atoms with Gasteiger partial charge in [-0.1, -0.05) is 54.5 Å². The molecule has 0 aliphatic carbocycles. The third-order valence-electron chi connectivity index (χ3n) is 3.62. The summed E-state index contributed by atoms with van der Waals surface area (Å²) in [7, 11) is 0. The van der Waals surface area contributed by atoms with E-state index in [4.69, 9.17) is 21.1 Å². The first-order chi connectivity index (χ1) is 11.7. The van der Waals surface area contributed by atoms with Gasteiger partial charge in [-0.25, -0.2) is 0 Å². The zero-order chi connectivity index (χ0) is 17.9. The summed E-state index contributed by atoms with van der Waals surface area (Å²) in [4.78, 5) is 23.0. The molecule has 0 saturated carbocycles. The molecule has 24 heavy (non-hydrogen) atoms. The average molecular weight is 428 g/mol. The summed E-state index contributed by atoms with van der Waals surface area (Å²) in [6.45, 7) is 0.883. The number of hydrogen-bond donors (Lipinski definition) is 0.